The van der Waals surface area contributed by atoms with E-state index in [2.05, 4.69) is 47.1 Å². The Hall–Kier alpha value is -0.340. The number of aliphatic hydroxyl groups excluding tert-OH is 1. The molecular formula is C13H17BrO. The molecule has 0 bridgehead atoms. The Balaban J connectivity index is 2.09. The summed E-state index contributed by atoms with van der Waals surface area (Å²) in [4.78, 5) is 0. The number of hydrogen-bond acceptors (Lipinski definition) is 1. The molecule has 82 valence electrons. The second kappa shape index (κ2) is 4.26. The van der Waals surface area contributed by atoms with E-state index in [4.69, 9.17) is 0 Å². The molecule has 15 heavy (non-hydrogen) atoms. The maximum atomic E-state index is 9.50. The third-order valence-corrected chi connectivity index (χ3v) is 3.97. The second-order valence-electron chi connectivity index (χ2n) is 4.89. The lowest BCUT2D eigenvalue weighted by molar-refractivity contribution is 0.119. The molecule has 1 N–H and O–H groups in total. The van der Waals surface area contributed by atoms with Crippen molar-refractivity contribution < 1.29 is 5.11 Å². The predicted molar refractivity (Wildman–Crippen MR) is 65.8 cm³/mol. The van der Waals surface area contributed by atoms with E-state index in [9.17, 15) is 5.11 Å². The van der Waals surface area contributed by atoms with Gasteiger partial charge in [-0.15, -0.1) is 0 Å². The monoisotopic (exact) mass is 268 g/mol. The van der Waals surface area contributed by atoms with Gasteiger partial charge in [-0.05, 0) is 48.3 Å². The number of aliphatic hydroxyl groups is 1. The van der Waals surface area contributed by atoms with Gasteiger partial charge < -0.3 is 5.11 Å². The Bertz CT molecular complexity index is 329. The third kappa shape index (κ3) is 2.61. The molecule has 1 nitrogen and oxygen atoms in total. The van der Waals surface area contributed by atoms with E-state index < -0.39 is 0 Å². The Kier molecular flexibility index (Phi) is 3.17. The van der Waals surface area contributed by atoms with Crippen molar-refractivity contribution >= 4 is 15.9 Å². The van der Waals surface area contributed by atoms with Gasteiger partial charge in [-0.3, -0.25) is 0 Å². The van der Waals surface area contributed by atoms with Gasteiger partial charge in [0.1, 0.15) is 0 Å². The summed E-state index contributed by atoms with van der Waals surface area (Å²) < 4.78 is 1.11. The Morgan fingerprint density at radius 2 is 1.93 bits per heavy atom. The van der Waals surface area contributed by atoms with Crippen LogP contribution in [0.2, 0.25) is 0 Å². The van der Waals surface area contributed by atoms with Crippen molar-refractivity contribution in [3.05, 3.63) is 34.3 Å². The first-order valence-corrected chi connectivity index (χ1v) is 6.29. The van der Waals surface area contributed by atoms with E-state index >= 15 is 0 Å². The van der Waals surface area contributed by atoms with Crippen LogP contribution >= 0.6 is 15.9 Å². The highest BCUT2D eigenvalue weighted by molar-refractivity contribution is 9.10. The van der Waals surface area contributed by atoms with E-state index in [0.717, 1.165) is 16.8 Å². The Labute approximate surface area is 99.6 Å². The van der Waals surface area contributed by atoms with Crippen LogP contribution in [0.5, 0.6) is 0 Å². The SMILES string of the molecule is CC(CO)(Cc1ccc(Br)cc1)C1CC1. The first-order valence-electron chi connectivity index (χ1n) is 5.49. The van der Waals surface area contributed by atoms with Crippen LogP contribution in [0.3, 0.4) is 0 Å². The van der Waals surface area contributed by atoms with E-state index in [1.807, 2.05) is 0 Å². The summed E-state index contributed by atoms with van der Waals surface area (Å²) in [6, 6.07) is 8.42. The fourth-order valence-electron chi connectivity index (χ4n) is 2.18. The average Bonchev–Trinajstić information content (AvgIpc) is 3.05. The minimum atomic E-state index is 0.0911. The molecule has 0 saturated heterocycles. The number of benzene rings is 1. The van der Waals surface area contributed by atoms with Gasteiger partial charge >= 0.3 is 0 Å². The zero-order valence-corrected chi connectivity index (χ0v) is 10.6. The lowest BCUT2D eigenvalue weighted by Crippen LogP contribution is -2.26. The summed E-state index contributed by atoms with van der Waals surface area (Å²) in [5.41, 5.74) is 1.41. The van der Waals surface area contributed by atoms with Gasteiger partial charge in [-0.2, -0.15) is 0 Å². The van der Waals surface area contributed by atoms with Crippen molar-refractivity contribution in [2.75, 3.05) is 6.61 Å². The van der Waals surface area contributed by atoms with Crippen molar-refractivity contribution in [1.29, 1.82) is 0 Å². The van der Waals surface area contributed by atoms with Crippen LogP contribution in [0, 0.1) is 11.3 Å². The van der Waals surface area contributed by atoms with Crippen molar-refractivity contribution in [1.82, 2.24) is 0 Å². The second-order valence-corrected chi connectivity index (χ2v) is 5.81. The van der Waals surface area contributed by atoms with E-state index in [1.165, 1.54) is 18.4 Å². The van der Waals surface area contributed by atoms with Crippen molar-refractivity contribution in [3.8, 4) is 0 Å². The average molecular weight is 269 g/mol. The normalized spacial score (nSPS) is 19.9. The maximum absolute atomic E-state index is 9.50. The molecule has 1 atom stereocenters. The number of hydrogen-bond donors (Lipinski definition) is 1. The highest BCUT2D eigenvalue weighted by Gasteiger charge is 2.40. The molecule has 0 heterocycles. The largest absolute Gasteiger partial charge is 0.396 e. The lowest BCUT2D eigenvalue weighted by atomic mass is 9.80. The first-order chi connectivity index (χ1) is 7.14. The standard InChI is InChI=1S/C13H17BrO/c1-13(9-15,11-4-5-11)8-10-2-6-12(14)7-3-10/h2-3,6-7,11,15H,4-5,8-9H2,1H3. The lowest BCUT2D eigenvalue weighted by Gasteiger charge is -2.27. The molecule has 0 aromatic heterocycles. The van der Waals surface area contributed by atoms with E-state index in [-0.39, 0.29) is 5.41 Å². The molecule has 2 rings (SSSR count). The van der Waals surface area contributed by atoms with Crippen LogP contribution in [0.15, 0.2) is 28.7 Å². The van der Waals surface area contributed by atoms with Crippen LogP contribution in [0.1, 0.15) is 25.3 Å². The molecular weight excluding hydrogens is 252 g/mol. The minimum absolute atomic E-state index is 0.0911. The maximum Gasteiger partial charge on any atom is 0.0490 e. The predicted octanol–water partition coefficient (Wildman–Crippen LogP) is 3.40. The first kappa shape index (κ1) is 11.2. The van der Waals surface area contributed by atoms with Crippen molar-refractivity contribution in [3.63, 3.8) is 0 Å². The summed E-state index contributed by atoms with van der Waals surface area (Å²) in [6.45, 7) is 2.50. The number of rotatable bonds is 4. The van der Waals surface area contributed by atoms with E-state index in [1.54, 1.807) is 0 Å². The third-order valence-electron chi connectivity index (χ3n) is 3.45. The smallest absolute Gasteiger partial charge is 0.0490 e. The molecule has 1 fully saturated rings. The fraction of sp³-hybridized carbons (Fsp3) is 0.538. The van der Waals surface area contributed by atoms with Gasteiger partial charge in [0.05, 0.1) is 0 Å². The van der Waals surface area contributed by atoms with Crippen molar-refractivity contribution in [2.45, 2.75) is 26.2 Å². The van der Waals surface area contributed by atoms with Gasteiger partial charge in [0.15, 0.2) is 0 Å². The Morgan fingerprint density at radius 1 is 1.33 bits per heavy atom. The summed E-state index contributed by atoms with van der Waals surface area (Å²) in [5, 5.41) is 9.50. The summed E-state index contributed by atoms with van der Waals surface area (Å²) >= 11 is 3.43. The molecule has 1 aromatic rings. The molecule has 1 aromatic carbocycles. The van der Waals surface area contributed by atoms with Crippen LogP contribution in [0.25, 0.3) is 0 Å². The zero-order chi connectivity index (χ0) is 10.9. The molecule has 1 aliphatic carbocycles. The van der Waals surface area contributed by atoms with Crippen LogP contribution in [-0.4, -0.2) is 11.7 Å². The molecule has 0 radical (unpaired) electrons. The minimum Gasteiger partial charge on any atom is -0.396 e. The van der Waals surface area contributed by atoms with Gasteiger partial charge in [0.2, 0.25) is 0 Å². The van der Waals surface area contributed by atoms with Crippen LogP contribution in [0.4, 0.5) is 0 Å². The van der Waals surface area contributed by atoms with Gasteiger partial charge in [-0.25, -0.2) is 0 Å². The van der Waals surface area contributed by atoms with Gasteiger partial charge in [0, 0.05) is 11.1 Å². The molecule has 0 aliphatic heterocycles. The topological polar surface area (TPSA) is 20.2 Å². The summed E-state index contributed by atoms with van der Waals surface area (Å²) in [7, 11) is 0. The number of halogens is 1. The highest BCUT2D eigenvalue weighted by atomic mass is 79.9. The van der Waals surface area contributed by atoms with Gasteiger partial charge in [-0.1, -0.05) is 35.0 Å². The molecule has 1 aliphatic rings. The Morgan fingerprint density at radius 3 is 2.40 bits per heavy atom. The molecule has 0 spiro atoms. The highest BCUT2D eigenvalue weighted by Crippen LogP contribution is 2.47. The quantitative estimate of drug-likeness (QED) is 0.888. The fourth-order valence-corrected chi connectivity index (χ4v) is 2.44. The zero-order valence-electron chi connectivity index (χ0n) is 9.04. The molecule has 2 heteroatoms. The molecule has 1 unspecified atom stereocenters. The molecule has 0 amide bonds. The van der Waals surface area contributed by atoms with Crippen molar-refractivity contribution in [2.24, 2.45) is 11.3 Å². The molecule has 1 saturated carbocycles. The summed E-state index contributed by atoms with van der Waals surface area (Å²) in [6.07, 6.45) is 3.56. The van der Waals surface area contributed by atoms with Gasteiger partial charge in [0.25, 0.3) is 0 Å². The van der Waals surface area contributed by atoms with Crippen LogP contribution < -0.4 is 0 Å². The van der Waals surface area contributed by atoms with Crippen LogP contribution in [-0.2, 0) is 6.42 Å². The summed E-state index contributed by atoms with van der Waals surface area (Å²) in [5.74, 6) is 0.728. The van der Waals surface area contributed by atoms with E-state index in [0.29, 0.717) is 6.61 Å².